The third-order valence-corrected chi connectivity index (χ3v) is 2.68. The molecule has 74 valence electrons. The van der Waals surface area contributed by atoms with Crippen molar-refractivity contribution in [2.75, 3.05) is 0 Å². The van der Waals surface area contributed by atoms with Crippen molar-refractivity contribution >= 4 is 23.7 Å². The molecule has 0 fully saturated rings. The van der Waals surface area contributed by atoms with Crippen molar-refractivity contribution in [2.45, 2.75) is 12.2 Å². The van der Waals surface area contributed by atoms with E-state index in [0.717, 1.165) is 5.56 Å². The molecule has 0 radical (unpaired) electrons. The van der Waals surface area contributed by atoms with Crippen LogP contribution >= 0.6 is 11.8 Å². The van der Waals surface area contributed by atoms with Crippen LogP contribution in [-0.4, -0.2) is 11.2 Å². The molecule has 14 heavy (non-hydrogen) atoms. The Bertz CT molecular complexity index is 321. The zero-order chi connectivity index (χ0) is 10.4. The second-order valence-electron chi connectivity index (χ2n) is 2.89. The molecule has 0 saturated carbocycles. The van der Waals surface area contributed by atoms with Gasteiger partial charge in [-0.15, -0.1) is 11.8 Å². The molecule has 2 N–H and O–H groups in total. The number of benzene rings is 1. The molecule has 0 spiro atoms. The van der Waals surface area contributed by atoms with E-state index in [0.29, 0.717) is 0 Å². The molecule has 1 amide bonds. The number of carbonyl (C=O) groups is 1. The van der Waals surface area contributed by atoms with E-state index >= 15 is 0 Å². The van der Waals surface area contributed by atoms with Crippen molar-refractivity contribution in [3.8, 4) is 0 Å². The van der Waals surface area contributed by atoms with Crippen molar-refractivity contribution in [3.63, 3.8) is 0 Å². The van der Waals surface area contributed by atoms with Gasteiger partial charge in [-0.05, 0) is 24.0 Å². The Balaban J connectivity index is 2.46. The fraction of sp³-hybridized carbons (Fsp3) is 0.182. The Hall–Kier alpha value is -1.22. The van der Waals surface area contributed by atoms with Gasteiger partial charge in [-0.2, -0.15) is 0 Å². The average Bonchev–Trinajstić information content (AvgIpc) is 2.19. The first kappa shape index (κ1) is 10.9. The largest absolute Gasteiger partial charge is 0.369 e. The van der Waals surface area contributed by atoms with E-state index in [1.165, 1.54) is 11.8 Å². The highest BCUT2D eigenvalue weighted by atomic mass is 32.2. The molecule has 0 aliphatic rings. The van der Waals surface area contributed by atoms with Crippen LogP contribution in [0.25, 0.3) is 6.08 Å². The Kier molecular flexibility index (Phi) is 4.26. The monoisotopic (exact) mass is 207 g/mol. The van der Waals surface area contributed by atoms with E-state index < -0.39 is 0 Å². The van der Waals surface area contributed by atoms with Crippen LogP contribution in [-0.2, 0) is 4.79 Å². The summed E-state index contributed by atoms with van der Waals surface area (Å²) in [5.74, 6) is -0.285. The summed E-state index contributed by atoms with van der Waals surface area (Å²) in [7, 11) is 0. The lowest BCUT2D eigenvalue weighted by atomic mass is 10.2. The van der Waals surface area contributed by atoms with Crippen LogP contribution in [0, 0.1) is 0 Å². The zero-order valence-electron chi connectivity index (χ0n) is 8.01. The van der Waals surface area contributed by atoms with Gasteiger partial charge in [-0.1, -0.05) is 30.3 Å². The van der Waals surface area contributed by atoms with Gasteiger partial charge in [0.15, 0.2) is 0 Å². The lowest BCUT2D eigenvalue weighted by Crippen LogP contribution is -2.21. The first-order valence-electron chi connectivity index (χ1n) is 4.36. The molecule has 0 aromatic heterocycles. The molecule has 0 heterocycles. The van der Waals surface area contributed by atoms with E-state index in [1.807, 2.05) is 41.8 Å². The summed E-state index contributed by atoms with van der Waals surface area (Å²) < 4.78 is 0. The number of nitrogens with two attached hydrogens (primary N) is 1. The minimum atomic E-state index is -0.285. The van der Waals surface area contributed by atoms with E-state index in [1.54, 1.807) is 6.92 Å². The molecule has 2 nitrogen and oxygen atoms in total. The van der Waals surface area contributed by atoms with Crippen molar-refractivity contribution in [3.05, 3.63) is 41.3 Å². The number of hydrogen-bond donors (Lipinski definition) is 1. The standard InChI is InChI=1S/C11H13NOS/c1-9(11(12)13)14-8-7-10-5-3-2-4-6-10/h2-9H,1H3,(H2,12,13)/b8-7+. The van der Waals surface area contributed by atoms with Crippen LogP contribution in [0.15, 0.2) is 35.7 Å². The summed E-state index contributed by atoms with van der Waals surface area (Å²) in [5.41, 5.74) is 6.24. The van der Waals surface area contributed by atoms with Crippen molar-refractivity contribution in [1.29, 1.82) is 0 Å². The Morgan fingerprint density at radius 2 is 2.07 bits per heavy atom. The Morgan fingerprint density at radius 1 is 1.43 bits per heavy atom. The summed E-state index contributed by atoms with van der Waals surface area (Å²) in [6, 6.07) is 9.93. The molecule has 3 heteroatoms. The topological polar surface area (TPSA) is 43.1 Å². The molecular weight excluding hydrogens is 194 g/mol. The number of carbonyl (C=O) groups excluding carboxylic acids is 1. The maximum Gasteiger partial charge on any atom is 0.230 e. The van der Waals surface area contributed by atoms with Crippen LogP contribution in [0.1, 0.15) is 12.5 Å². The Labute approximate surface area is 88.2 Å². The summed E-state index contributed by atoms with van der Waals surface area (Å²) >= 11 is 1.42. The molecular formula is C11H13NOS. The fourth-order valence-electron chi connectivity index (χ4n) is 0.867. The highest BCUT2D eigenvalue weighted by Gasteiger charge is 2.05. The molecule has 1 rings (SSSR count). The number of thioether (sulfide) groups is 1. The molecule has 1 unspecified atom stereocenters. The lowest BCUT2D eigenvalue weighted by molar-refractivity contribution is -0.117. The number of rotatable bonds is 4. The fourth-order valence-corrected chi connectivity index (χ4v) is 1.47. The van der Waals surface area contributed by atoms with E-state index in [4.69, 9.17) is 5.73 Å². The molecule has 0 aliphatic carbocycles. The quantitative estimate of drug-likeness (QED) is 0.823. The van der Waals surface area contributed by atoms with E-state index in [-0.39, 0.29) is 11.2 Å². The second kappa shape index (κ2) is 5.50. The normalized spacial score (nSPS) is 12.9. The van der Waals surface area contributed by atoms with Crippen LogP contribution < -0.4 is 5.73 Å². The van der Waals surface area contributed by atoms with Gasteiger partial charge in [-0.25, -0.2) is 0 Å². The predicted molar refractivity (Wildman–Crippen MR) is 61.7 cm³/mol. The maximum atomic E-state index is 10.7. The molecule has 0 saturated heterocycles. The SMILES string of the molecule is CC(S/C=C/c1ccccc1)C(N)=O. The van der Waals surface area contributed by atoms with Crippen molar-refractivity contribution < 1.29 is 4.79 Å². The van der Waals surface area contributed by atoms with Crippen LogP contribution in [0.3, 0.4) is 0 Å². The maximum absolute atomic E-state index is 10.7. The van der Waals surface area contributed by atoms with Gasteiger partial charge >= 0.3 is 0 Å². The summed E-state index contributed by atoms with van der Waals surface area (Å²) in [6.45, 7) is 1.79. The third kappa shape index (κ3) is 3.66. The molecule has 0 aliphatic heterocycles. The van der Waals surface area contributed by atoms with Gasteiger partial charge in [0, 0.05) is 0 Å². The first-order valence-corrected chi connectivity index (χ1v) is 5.31. The smallest absolute Gasteiger partial charge is 0.230 e. The minimum absolute atomic E-state index is 0.171. The van der Waals surface area contributed by atoms with Crippen LogP contribution in [0.4, 0.5) is 0 Å². The summed E-state index contributed by atoms with van der Waals surface area (Å²) in [5, 5.41) is 1.72. The molecule has 1 atom stereocenters. The average molecular weight is 207 g/mol. The Morgan fingerprint density at radius 3 is 2.64 bits per heavy atom. The minimum Gasteiger partial charge on any atom is -0.369 e. The van der Waals surface area contributed by atoms with Gasteiger partial charge in [0.1, 0.15) is 0 Å². The highest BCUT2D eigenvalue weighted by molar-refractivity contribution is 8.03. The van der Waals surface area contributed by atoms with Gasteiger partial charge in [0.05, 0.1) is 5.25 Å². The van der Waals surface area contributed by atoms with Gasteiger partial charge in [0.25, 0.3) is 0 Å². The van der Waals surface area contributed by atoms with E-state index in [9.17, 15) is 4.79 Å². The first-order chi connectivity index (χ1) is 6.70. The molecule has 0 bridgehead atoms. The van der Waals surface area contributed by atoms with E-state index in [2.05, 4.69) is 0 Å². The van der Waals surface area contributed by atoms with Gasteiger partial charge in [0.2, 0.25) is 5.91 Å². The second-order valence-corrected chi connectivity index (χ2v) is 4.15. The predicted octanol–water partition coefficient (Wildman–Crippen LogP) is 2.26. The molecule has 1 aromatic rings. The van der Waals surface area contributed by atoms with Crippen molar-refractivity contribution in [2.24, 2.45) is 5.73 Å². The van der Waals surface area contributed by atoms with Crippen LogP contribution in [0.5, 0.6) is 0 Å². The zero-order valence-corrected chi connectivity index (χ0v) is 8.83. The highest BCUT2D eigenvalue weighted by Crippen LogP contribution is 2.13. The molecule has 1 aromatic carbocycles. The number of hydrogen-bond acceptors (Lipinski definition) is 2. The van der Waals surface area contributed by atoms with Crippen molar-refractivity contribution in [1.82, 2.24) is 0 Å². The number of primary amides is 1. The van der Waals surface area contributed by atoms with Gasteiger partial charge < -0.3 is 5.73 Å². The lowest BCUT2D eigenvalue weighted by Gasteiger charge is -2.00. The van der Waals surface area contributed by atoms with Crippen LogP contribution in [0.2, 0.25) is 0 Å². The third-order valence-electron chi connectivity index (χ3n) is 1.74. The summed E-state index contributed by atoms with van der Waals surface area (Å²) in [4.78, 5) is 10.7. The van der Waals surface area contributed by atoms with Gasteiger partial charge in [-0.3, -0.25) is 4.79 Å². The number of amides is 1. The summed E-state index contributed by atoms with van der Waals surface area (Å²) in [6.07, 6.45) is 1.96.